The van der Waals surface area contributed by atoms with Crippen molar-refractivity contribution in [2.75, 3.05) is 4.43 Å². The van der Waals surface area contributed by atoms with Gasteiger partial charge < -0.3 is 5.11 Å². The van der Waals surface area contributed by atoms with E-state index in [1.165, 1.54) is 0 Å². The van der Waals surface area contributed by atoms with Crippen LogP contribution in [0, 0.1) is 28.6 Å². The minimum absolute atomic E-state index is 0.0641. The zero-order valence-corrected chi connectivity index (χ0v) is 17.7. The van der Waals surface area contributed by atoms with Gasteiger partial charge in [-0.2, -0.15) is 0 Å². The summed E-state index contributed by atoms with van der Waals surface area (Å²) in [5.74, 6) is 0.612. The predicted octanol–water partition coefficient (Wildman–Crippen LogP) is 3.43. The summed E-state index contributed by atoms with van der Waals surface area (Å²) in [5, 5.41) is 11.3. The summed E-state index contributed by atoms with van der Waals surface area (Å²) in [7, 11) is 0. The number of Topliss-reactive ketones (excluding diaryl/α,β-unsaturated/α-hetero) is 2. The first kappa shape index (κ1) is 18.8. The highest BCUT2D eigenvalue weighted by atomic mass is 127. The Kier molecular flexibility index (Phi) is 4.31. The Morgan fingerprint density at radius 2 is 1.96 bits per heavy atom. The molecule has 0 radical (unpaired) electrons. The van der Waals surface area contributed by atoms with Crippen molar-refractivity contribution in [1.82, 2.24) is 0 Å². The maximum absolute atomic E-state index is 13.4. The van der Waals surface area contributed by atoms with Crippen LogP contribution < -0.4 is 0 Å². The van der Waals surface area contributed by atoms with Crippen LogP contribution >= 0.6 is 22.6 Å². The summed E-state index contributed by atoms with van der Waals surface area (Å²) < 4.78 is 0.283. The van der Waals surface area contributed by atoms with E-state index in [9.17, 15) is 19.5 Å². The molecule has 1 N–H and O–H groups in total. The van der Waals surface area contributed by atoms with E-state index in [-0.39, 0.29) is 51.4 Å². The minimum atomic E-state index is -1.36. The van der Waals surface area contributed by atoms with Gasteiger partial charge in [0.1, 0.15) is 11.4 Å². The molecular weight excluding hydrogens is 443 g/mol. The number of ketones is 3. The number of rotatable bonds is 2. The zero-order chi connectivity index (χ0) is 18.9. The molecule has 4 rings (SSSR count). The van der Waals surface area contributed by atoms with E-state index in [1.807, 2.05) is 29.5 Å². The molecule has 5 heteroatoms. The Bertz CT molecular complexity index is 728. The summed E-state index contributed by atoms with van der Waals surface area (Å²) in [4.78, 5) is 37.9. The Balaban J connectivity index is 1.75. The minimum Gasteiger partial charge on any atom is -0.381 e. The monoisotopic (exact) mass is 470 g/mol. The second-order valence-electron chi connectivity index (χ2n) is 9.36. The number of carbonyl (C=O) groups excluding carboxylic acids is 3. The molecule has 0 aliphatic heterocycles. The van der Waals surface area contributed by atoms with Gasteiger partial charge in [-0.25, -0.2) is 0 Å². The largest absolute Gasteiger partial charge is 0.381 e. The first-order chi connectivity index (χ1) is 12.2. The fourth-order valence-corrected chi connectivity index (χ4v) is 7.59. The van der Waals surface area contributed by atoms with E-state index >= 15 is 0 Å². The van der Waals surface area contributed by atoms with Crippen LogP contribution in [-0.2, 0) is 14.4 Å². The number of halogens is 1. The van der Waals surface area contributed by atoms with Gasteiger partial charge in [0, 0.05) is 24.2 Å². The summed E-state index contributed by atoms with van der Waals surface area (Å²) in [6.45, 7) is 4.14. The molecule has 26 heavy (non-hydrogen) atoms. The number of aliphatic hydroxyl groups is 1. The van der Waals surface area contributed by atoms with Gasteiger partial charge in [0.05, 0.1) is 4.43 Å². The molecular formula is C21H27IO4. The van der Waals surface area contributed by atoms with Crippen LogP contribution in [0.4, 0.5) is 0 Å². The first-order valence-electron chi connectivity index (χ1n) is 9.75. The van der Waals surface area contributed by atoms with Crippen LogP contribution in [0.5, 0.6) is 0 Å². The van der Waals surface area contributed by atoms with Crippen LogP contribution in [-0.4, -0.2) is 32.5 Å². The van der Waals surface area contributed by atoms with Crippen molar-refractivity contribution in [2.45, 2.75) is 64.4 Å². The van der Waals surface area contributed by atoms with E-state index in [2.05, 4.69) is 6.92 Å². The van der Waals surface area contributed by atoms with Gasteiger partial charge in [-0.1, -0.05) is 42.0 Å². The molecule has 0 saturated heterocycles. The van der Waals surface area contributed by atoms with Gasteiger partial charge >= 0.3 is 0 Å². The third-order valence-corrected chi connectivity index (χ3v) is 9.08. The van der Waals surface area contributed by atoms with E-state index in [1.54, 1.807) is 6.08 Å². The van der Waals surface area contributed by atoms with Crippen molar-refractivity contribution in [3.05, 3.63) is 11.6 Å². The van der Waals surface area contributed by atoms with Gasteiger partial charge in [0.25, 0.3) is 0 Å². The van der Waals surface area contributed by atoms with Crippen LogP contribution in [0.25, 0.3) is 0 Å². The Labute approximate surface area is 168 Å². The fourth-order valence-electron chi connectivity index (χ4n) is 6.96. The summed E-state index contributed by atoms with van der Waals surface area (Å²) in [6.07, 6.45) is 6.41. The molecule has 0 bridgehead atoms. The summed E-state index contributed by atoms with van der Waals surface area (Å²) >= 11 is 2.02. The van der Waals surface area contributed by atoms with Crippen molar-refractivity contribution in [3.63, 3.8) is 0 Å². The van der Waals surface area contributed by atoms with E-state index in [0.29, 0.717) is 12.8 Å². The lowest BCUT2D eigenvalue weighted by molar-refractivity contribution is -0.167. The maximum atomic E-state index is 13.4. The SMILES string of the molecule is C[C@]12CCC(=O)C=C1CC[C@@H]1[C@@H]2C(=O)C[C@@]2(C)[C@H]1CC[C@]2(O)C(=O)CI. The predicted molar refractivity (Wildman–Crippen MR) is 106 cm³/mol. The number of alkyl halides is 1. The zero-order valence-electron chi connectivity index (χ0n) is 15.5. The molecule has 3 saturated carbocycles. The van der Waals surface area contributed by atoms with Crippen LogP contribution in [0.15, 0.2) is 11.6 Å². The molecule has 0 aromatic carbocycles. The van der Waals surface area contributed by atoms with Crippen LogP contribution in [0.1, 0.15) is 58.8 Å². The average molecular weight is 470 g/mol. The smallest absolute Gasteiger partial charge is 0.174 e. The molecule has 0 heterocycles. The van der Waals surface area contributed by atoms with E-state index < -0.39 is 11.0 Å². The molecule has 0 amide bonds. The number of hydrogen-bond donors (Lipinski definition) is 1. The molecule has 4 aliphatic rings. The lowest BCUT2D eigenvalue weighted by atomic mass is 9.46. The average Bonchev–Trinajstić information content (AvgIpc) is 2.86. The van der Waals surface area contributed by atoms with E-state index in [4.69, 9.17) is 0 Å². The molecule has 4 nitrogen and oxygen atoms in total. The van der Waals surface area contributed by atoms with Gasteiger partial charge in [-0.05, 0) is 55.4 Å². The van der Waals surface area contributed by atoms with E-state index in [0.717, 1.165) is 31.3 Å². The van der Waals surface area contributed by atoms with Gasteiger partial charge in [0.15, 0.2) is 11.6 Å². The third kappa shape index (κ3) is 2.25. The Morgan fingerprint density at radius 3 is 2.65 bits per heavy atom. The van der Waals surface area contributed by atoms with Gasteiger partial charge in [-0.15, -0.1) is 0 Å². The lowest BCUT2D eigenvalue weighted by Gasteiger charge is -2.57. The third-order valence-electron chi connectivity index (χ3n) is 8.39. The summed E-state index contributed by atoms with van der Waals surface area (Å²) in [6, 6.07) is 0. The number of allylic oxidation sites excluding steroid dienone is 1. The molecule has 142 valence electrons. The Morgan fingerprint density at radius 1 is 1.23 bits per heavy atom. The maximum Gasteiger partial charge on any atom is 0.174 e. The standard InChI is InChI=1S/C21H27IO4/c1-19-7-5-13(23)9-12(19)3-4-14-15-6-8-21(26,17(25)11-22)20(15,2)10-16(24)18(14)19/h9,14-15,18,26H,3-8,10-11H2,1-2H3/t14-,15-,18+,19-,20-,21-/m0/s1. The quantitative estimate of drug-likeness (QED) is 0.496. The molecule has 3 fully saturated rings. The second kappa shape index (κ2) is 5.97. The normalized spacial score (nSPS) is 47.7. The van der Waals surface area contributed by atoms with Crippen molar-refractivity contribution < 1.29 is 19.5 Å². The first-order valence-corrected chi connectivity index (χ1v) is 11.3. The highest BCUT2D eigenvalue weighted by Crippen LogP contribution is 2.66. The Hall–Kier alpha value is -0.560. The van der Waals surface area contributed by atoms with Crippen molar-refractivity contribution in [1.29, 1.82) is 0 Å². The molecule has 0 spiro atoms. The molecule has 4 aliphatic carbocycles. The van der Waals surface area contributed by atoms with Crippen molar-refractivity contribution >= 4 is 39.9 Å². The van der Waals surface area contributed by atoms with Crippen molar-refractivity contribution in [2.24, 2.45) is 28.6 Å². The topological polar surface area (TPSA) is 71.4 Å². The van der Waals surface area contributed by atoms with Crippen LogP contribution in [0.3, 0.4) is 0 Å². The number of fused-ring (bicyclic) bond motifs is 5. The molecule has 6 atom stereocenters. The fraction of sp³-hybridized carbons (Fsp3) is 0.762. The number of hydrogen-bond acceptors (Lipinski definition) is 4. The summed E-state index contributed by atoms with van der Waals surface area (Å²) in [5.41, 5.74) is -1.07. The van der Waals surface area contributed by atoms with Gasteiger partial charge in [0.2, 0.25) is 0 Å². The van der Waals surface area contributed by atoms with Crippen molar-refractivity contribution in [3.8, 4) is 0 Å². The molecule has 0 unspecified atom stereocenters. The highest BCUT2D eigenvalue weighted by Gasteiger charge is 2.68. The lowest BCUT2D eigenvalue weighted by Crippen LogP contribution is -2.60. The highest BCUT2D eigenvalue weighted by molar-refractivity contribution is 14.1. The molecule has 0 aromatic heterocycles. The van der Waals surface area contributed by atoms with Crippen LogP contribution in [0.2, 0.25) is 0 Å². The number of carbonyl (C=O) groups is 3. The second-order valence-corrected chi connectivity index (χ2v) is 10.1. The van der Waals surface area contributed by atoms with Gasteiger partial charge in [-0.3, -0.25) is 14.4 Å². The molecule has 0 aromatic rings.